The lowest BCUT2D eigenvalue weighted by molar-refractivity contribution is -0.142. The number of nitrogens with one attached hydrogen (secondary N) is 1. The highest BCUT2D eigenvalue weighted by Crippen LogP contribution is 2.06. The van der Waals surface area contributed by atoms with E-state index in [1.807, 2.05) is 0 Å². The summed E-state index contributed by atoms with van der Waals surface area (Å²) >= 11 is 0. The van der Waals surface area contributed by atoms with E-state index < -0.39 is 18.0 Å². The van der Waals surface area contributed by atoms with Crippen molar-refractivity contribution in [3.63, 3.8) is 0 Å². The molecule has 15 heavy (non-hydrogen) atoms. The average molecular weight is 218 g/mol. The number of hydrogen-bond donors (Lipinski definition) is 3. The van der Waals surface area contributed by atoms with Gasteiger partial charge in [0, 0.05) is 6.54 Å². The van der Waals surface area contributed by atoms with Crippen molar-refractivity contribution in [3.8, 4) is 0 Å². The van der Waals surface area contributed by atoms with Crippen LogP contribution in [-0.4, -0.2) is 59.8 Å². The van der Waals surface area contributed by atoms with Crippen molar-refractivity contribution in [2.45, 2.75) is 18.9 Å². The number of amides is 1. The van der Waals surface area contributed by atoms with Crippen LogP contribution in [0.15, 0.2) is 0 Å². The summed E-state index contributed by atoms with van der Waals surface area (Å²) in [5.41, 5.74) is -1.41. The highest BCUT2D eigenvalue weighted by molar-refractivity contribution is 5.78. The van der Waals surface area contributed by atoms with Gasteiger partial charge in [0.2, 0.25) is 5.91 Å². The number of rotatable bonds is 6. The third kappa shape index (κ3) is 7.90. The SMILES string of the molecule is CN(C)CC(=O)NCC(C)(O)CC(=O)O. The Labute approximate surface area is 88.9 Å². The highest BCUT2D eigenvalue weighted by atomic mass is 16.4. The Morgan fingerprint density at radius 3 is 2.33 bits per heavy atom. The summed E-state index contributed by atoms with van der Waals surface area (Å²) in [7, 11) is 3.49. The molecule has 0 aliphatic carbocycles. The average Bonchev–Trinajstić information content (AvgIpc) is 1.97. The van der Waals surface area contributed by atoms with Gasteiger partial charge in [0.1, 0.15) is 0 Å². The van der Waals surface area contributed by atoms with E-state index in [0.717, 1.165) is 0 Å². The number of aliphatic hydroxyl groups is 1. The fourth-order valence-corrected chi connectivity index (χ4v) is 1.02. The number of nitrogens with zero attached hydrogens (tertiary/aromatic N) is 1. The quantitative estimate of drug-likeness (QED) is 0.526. The molecule has 0 rings (SSSR count). The molecule has 88 valence electrons. The Kier molecular flexibility index (Phi) is 5.24. The third-order valence-electron chi connectivity index (χ3n) is 1.66. The molecular weight excluding hydrogens is 200 g/mol. The molecule has 0 aliphatic heterocycles. The minimum absolute atomic E-state index is 0.0635. The van der Waals surface area contributed by atoms with Crippen molar-refractivity contribution < 1.29 is 19.8 Å². The van der Waals surface area contributed by atoms with Gasteiger partial charge in [-0.1, -0.05) is 0 Å². The maximum Gasteiger partial charge on any atom is 0.306 e. The Morgan fingerprint density at radius 2 is 1.93 bits per heavy atom. The first-order chi connectivity index (χ1) is 6.73. The molecule has 0 radical (unpaired) electrons. The fraction of sp³-hybridized carbons (Fsp3) is 0.778. The lowest BCUT2D eigenvalue weighted by atomic mass is 10.0. The standard InChI is InChI=1S/C9H18N2O4/c1-9(15,4-8(13)14)6-10-7(12)5-11(2)3/h15H,4-6H2,1-3H3,(H,10,12)(H,13,14). The summed E-state index contributed by atoms with van der Waals surface area (Å²) in [6.07, 6.45) is -0.394. The molecule has 0 heterocycles. The molecule has 1 amide bonds. The van der Waals surface area contributed by atoms with E-state index in [9.17, 15) is 14.7 Å². The number of hydrogen-bond acceptors (Lipinski definition) is 4. The Bertz CT molecular complexity index is 238. The van der Waals surface area contributed by atoms with Crippen molar-refractivity contribution in [2.75, 3.05) is 27.2 Å². The number of likely N-dealkylation sites (N-methyl/N-ethyl adjacent to an activating group) is 1. The maximum atomic E-state index is 11.2. The second-order valence-corrected chi connectivity index (χ2v) is 4.08. The van der Waals surface area contributed by atoms with E-state index in [1.165, 1.54) is 6.92 Å². The van der Waals surface area contributed by atoms with Crippen molar-refractivity contribution >= 4 is 11.9 Å². The van der Waals surface area contributed by atoms with Crippen LogP contribution in [0.5, 0.6) is 0 Å². The van der Waals surface area contributed by atoms with Crippen LogP contribution in [0, 0.1) is 0 Å². The zero-order valence-electron chi connectivity index (χ0n) is 9.28. The Morgan fingerprint density at radius 1 is 1.40 bits per heavy atom. The summed E-state index contributed by atoms with van der Waals surface area (Å²) in [5, 5.41) is 20.5. The molecule has 0 saturated heterocycles. The smallest absolute Gasteiger partial charge is 0.306 e. The summed E-state index contributed by atoms with van der Waals surface area (Å²) in [6, 6.07) is 0. The van der Waals surface area contributed by atoms with Gasteiger partial charge in [-0.25, -0.2) is 0 Å². The van der Waals surface area contributed by atoms with Crippen molar-refractivity contribution in [3.05, 3.63) is 0 Å². The number of carboxylic acid groups (broad SMARTS) is 1. The highest BCUT2D eigenvalue weighted by Gasteiger charge is 2.24. The van der Waals surface area contributed by atoms with Gasteiger partial charge >= 0.3 is 5.97 Å². The van der Waals surface area contributed by atoms with Crippen molar-refractivity contribution in [1.29, 1.82) is 0 Å². The van der Waals surface area contributed by atoms with E-state index >= 15 is 0 Å². The van der Waals surface area contributed by atoms with E-state index in [2.05, 4.69) is 5.32 Å². The lowest BCUT2D eigenvalue weighted by Gasteiger charge is -2.22. The van der Waals surface area contributed by atoms with Gasteiger partial charge < -0.3 is 20.4 Å². The van der Waals surface area contributed by atoms with Crippen LogP contribution in [0.4, 0.5) is 0 Å². The zero-order chi connectivity index (χ0) is 12.1. The first-order valence-corrected chi connectivity index (χ1v) is 4.58. The Balaban J connectivity index is 3.92. The van der Waals surface area contributed by atoms with Gasteiger partial charge in [0.25, 0.3) is 0 Å². The summed E-state index contributed by atoms with van der Waals surface area (Å²) in [5.74, 6) is -1.34. The van der Waals surface area contributed by atoms with E-state index in [4.69, 9.17) is 5.11 Å². The van der Waals surface area contributed by atoms with Crippen LogP contribution >= 0.6 is 0 Å². The molecule has 0 saturated carbocycles. The molecule has 0 spiro atoms. The topological polar surface area (TPSA) is 89.9 Å². The molecule has 6 nitrogen and oxygen atoms in total. The molecule has 1 atom stereocenters. The minimum atomic E-state index is -1.41. The summed E-state index contributed by atoms with van der Waals surface area (Å²) < 4.78 is 0. The molecule has 0 aliphatic rings. The van der Waals surface area contributed by atoms with Crippen LogP contribution < -0.4 is 5.32 Å². The molecule has 0 fully saturated rings. The second kappa shape index (κ2) is 5.67. The number of carbonyl (C=O) groups excluding carboxylic acids is 1. The molecule has 6 heteroatoms. The van der Waals surface area contributed by atoms with Crippen LogP contribution in [0.3, 0.4) is 0 Å². The number of carboxylic acids is 1. The number of aliphatic carboxylic acids is 1. The zero-order valence-corrected chi connectivity index (χ0v) is 9.28. The van der Waals surface area contributed by atoms with E-state index in [0.29, 0.717) is 0 Å². The largest absolute Gasteiger partial charge is 0.481 e. The van der Waals surface area contributed by atoms with Gasteiger partial charge in [-0.2, -0.15) is 0 Å². The van der Waals surface area contributed by atoms with Gasteiger partial charge in [0.05, 0.1) is 18.6 Å². The molecule has 0 aromatic rings. The first-order valence-electron chi connectivity index (χ1n) is 4.58. The van der Waals surface area contributed by atoms with Crippen molar-refractivity contribution in [2.24, 2.45) is 0 Å². The second-order valence-electron chi connectivity index (χ2n) is 4.08. The predicted molar refractivity (Wildman–Crippen MR) is 54.4 cm³/mol. The van der Waals surface area contributed by atoms with Crippen molar-refractivity contribution in [1.82, 2.24) is 10.2 Å². The molecule has 0 bridgehead atoms. The van der Waals surface area contributed by atoms with Crippen LogP contribution in [-0.2, 0) is 9.59 Å². The third-order valence-corrected chi connectivity index (χ3v) is 1.66. The maximum absolute atomic E-state index is 11.2. The van der Waals surface area contributed by atoms with Crippen LogP contribution in [0.2, 0.25) is 0 Å². The van der Waals surface area contributed by atoms with Crippen LogP contribution in [0.1, 0.15) is 13.3 Å². The predicted octanol–water partition coefficient (Wildman–Crippen LogP) is -1.11. The summed E-state index contributed by atoms with van der Waals surface area (Å²) in [4.78, 5) is 23.2. The molecular formula is C9H18N2O4. The molecule has 0 aromatic heterocycles. The van der Waals surface area contributed by atoms with Gasteiger partial charge in [-0.05, 0) is 21.0 Å². The fourth-order valence-electron chi connectivity index (χ4n) is 1.02. The first kappa shape index (κ1) is 13.9. The van der Waals surface area contributed by atoms with E-state index in [-0.39, 0.29) is 19.0 Å². The number of carbonyl (C=O) groups is 2. The van der Waals surface area contributed by atoms with Gasteiger partial charge in [-0.15, -0.1) is 0 Å². The molecule has 1 unspecified atom stereocenters. The minimum Gasteiger partial charge on any atom is -0.481 e. The van der Waals surface area contributed by atoms with Crippen LogP contribution in [0.25, 0.3) is 0 Å². The van der Waals surface area contributed by atoms with E-state index in [1.54, 1.807) is 19.0 Å². The van der Waals surface area contributed by atoms with Gasteiger partial charge in [-0.3, -0.25) is 9.59 Å². The summed E-state index contributed by atoms with van der Waals surface area (Å²) in [6.45, 7) is 1.52. The molecule has 0 aromatic carbocycles. The Hall–Kier alpha value is -1.14. The van der Waals surface area contributed by atoms with Gasteiger partial charge in [0.15, 0.2) is 0 Å². The lowest BCUT2D eigenvalue weighted by Crippen LogP contribution is -2.44. The normalized spacial score (nSPS) is 14.7. The monoisotopic (exact) mass is 218 g/mol. The molecule has 3 N–H and O–H groups in total.